The van der Waals surface area contributed by atoms with Gasteiger partial charge in [-0.2, -0.15) is 11.8 Å². The lowest BCUT2D eigenvalue weighted by Gasteiger charge is -2.22. The number of rotatable bonds is 3. The second-order valence-electron chi connectivity index (χ2n) is 5.24. The van der Waals surface area contributed by atoms with Crippen LogP contribution in [0, 0.1) is 6.92 Å². The molecule has 5 heteroatoms. The Labute approximate surface area is 122 Å². The molecule has 106 valence electrons. The van der Waals surface area contributed by atoms with Crippen molar-refractivity contribution in [3.63, 3.8) is 0 Å². The van der Waals surface area contributed by atoms with Gasteiger partial charge in [0.2, 0.25) is 0 Å². The molecule has 20 heavy (non-hydrogen) atoms. The number of benzene rings is 1. The van der Waals surface area contributed by atoms with Crippen molar-refractivity contribution in [2.24, 2.45) is 0 Å². The highest BCUT2D eigenvalue weighted by molar-refractivity contribution is 7.99. The number of aromatic nitrogens is 2. The molecule has 1 N–H and O–H groups in total. The fourth-order valence-electron chi connectivity index (χ4n) is 2.82. The molecule has 1 aliphatic rings. The van der Waals surface area contributed by atoms with E-state index in [1.165, 1.54) is 25.0 Å². The minimum absolute atomic E-state index is 0.292. The smallest absolute Gasteiger partial charge is 0.337 e. The number of hydrogen-bond donors (Lipinski definition) is 1. The van der Waals surface area contributed by atoms with Crippen LogP contribution in [0.1, 0.15) is 35.4 Å². The summed E-state index contributed by atoms with van der Waals surface area (Å²) in [5.74, 6) is 1.23. The van der Waals surface area contributed by atoms with Crippen LogP contribution in [0.2, 0.25) is 0 Å². The lowest BCUT2D eigenvalue weighted by Crippen LogP contribution is -2.17. The minimum Gasteiger partial charge on any atom is -0.478 e. The molecular formula is C15H18N2O2S. The quantitative estimate of drug-likeness (QED) is 0.942. The van der Waals surface area contributed by atoms with Gasteiger partial charge in [0.05, 0.1) is 11.1 Å². The fraction of sp³-hybridized carbons (Fsp3) is 0.467. The Morgan fingerprint density at radius 1 is 1.50 bits per heavy atom. The van der Waals surface area contributed by atoms with Crippen molar-refractivity contribution in [2.45, 2.75) is 38.0 Å². The molecule has 1 saturated heterocycles. The van der Waals surface area contributed by atoms with Gasteiger partial charge in [-0.1, -0.05) is 12.5 Å². The van der Waals surface area contributed by atoms with Crippen molar-refractivity contribution in [1.29, 1.82) is 0 Å². The summed E-state index contributed by atoms with van der Waals surface area (Å²) in [6.07, 6.45) is 3.85. The number of fused-ring (bicyclic) bond motifs is 1. The number of aryl methyl sites for hydroxylation is 1. The van der Waals surface area contributed by atoms with Crippen molar-refractivity contribution in [2.75, 3.05) is 5.75 Å². The van der Waals surface area contributed by atoms with E-state index in [2.05, 4.69) is 9.55 Å². The molecule has 1 aliphatic heterocycles. The summed E-state index contributed by atoms with van der Waals surface area (Å²) in [4.78, 5) is 15.7. The third kappa shape index (κ3) is 2.42. The van der Waals surface area contributed by atoms with E-state index in [0.29, 0.717) is 16.3 Å². The van der Waals surface area contributed by atoms with E-state index in [1.807, 2.05) is 24.8 Å². The Kier molecular flexibility index (Phi) is 3.70. The van der Waals surface area contributed by atoms with Crippen LogP contribution < -0.4 is 0 Å². The van der Waals surface area contributed by atoms with E-state index in [9.17, 15) is 9.90 Å². The summed E-state index contributed by atoms with van der Waals surface area (Å²) in [6, 6.07) is 5.39. The Bertz CT molecular complexity index is 645. The van der Waals surface area contributed by atoms with Gasteiger partial charge in [-0.05, 0) is 37.7 Å². The standard InChI is InChI=1S/C15H18N2O2S/c1-10-16-14-12(15(18)19)6-4-7-13(14)17(10)9-11-5-2-3-8-20-11/h4,6-7,11H,2-3,5,8-9H2,1H3,(H,18,19). The molecule has 0 spiro atoms. The number of hydrogen-bond acceptors (Lipinski definition) is 3. The average molecular weight is 290 g/mol. The molecule has 0 bridgehead atoms. The van der Waals surface area contributed by atoms with Crippen LogP contribution >= 0.6 is 11.8 Å². The maximum absolute atomic E-state index is 11.3. The van der Waals surface area contributed by atoms with E-state index in [0.717, 1.165) is 17.9 Å². The van der Waals surface area contributed by atoms with Gasteiger partial charge in [0.25, 0.3) is 0 Å². The highest BCUT2D eigenvalue weighted by Gasteiger charge is 2.19. The molecule has 4 nitrogen and oxygen atoms in total. The summed E-state index contributed by atoms with van der Waals surface area (Å²) in [7, 11) is 0. The first-order valence-electron chi connectivity index (χ1n) is 6.97. The van der Waals surface area contributed by atoms with Gasteiger partial charge in [0, 0.05) is 11.8 Å². The third-order valence-corrected chi connectivity index (χ3v) is 5.24. The monoisotopic (exact) mass is 290 g/mol. The molecule has 1 aromatic heterocycles. The number of carboxylic acid groups (broad SMARTS) is 1. The molecule has 0 aliphatic carbocycles. The van der Waals surface area contributed by atoms with E-state index in [4.69, 9.17) is 0 Å². The third-order valence-electron chi connectivity index (χ3n) is 3.86. The molecule has 2 heterocycles. The van der Waals surface area contributed by atoms with Crippen molar-refractivity contribution >= 4 is 28.8 Å². The van der Waals surface area contributed by atoms with Crippen molar-refractivity contribution in [1.82, 2.24) is 9.55 Å². The maximum atomic E-state index is 11.3. The average Bonchev–Trinajstić information content (AvgIpc) is 2.76. The molecule has 1 atom stereocenters. The van der Waals surface area contributed by atoms with Gasteiger partial charge in [0.1, 0.15) is 11.3 Å². The largest absolute Gasteiger partial charge is 0.478 e. The molecule has 2 aromatic rings. The summed E-state index contributed by atoms with van der Waals surface area (Å²) in [6.45, 7) is 2.88. The normalized spacial score (nSPS) is 19.4. The first-order valence-corrected chi connectivity index (χ1v) is 8.02. The van der Waals surface area contributed by atoms with Gasteiger partial charge in [-0.3, -0.25) is 0 Å². The number of carboxylic acids is 1. The van der Waals surface area contributed by atoms with Crippen LogP contribution in [0.15, 0.2) is 18.2 Å². The molecule has 3 rings (SSSR count). The predicted molar refractivity (Wildman–Crippen MR) is 81.5 cm³/mol. The van der Waals surface area contributed by atoms with Crippen LogP contribution in [0.25, 0.3) is 11.0 Å². The number of aromatic carboxylic acids is 1. The van der Waals surface area contributed by atoms with Crippen LogP contribution in [-0.4, -0.2) is 31.6 Å². The van der Waals surface area contributed by atoms with Crippen LogP contribution in [-0.2, 0) is 6.54 Å². The van der Waals surface area contributed by atoms with Crippen LogP contribution in [0.3, 0.4) is 0 Å². The highest BCUT2D eigenvalue weighted by Crippen LogP contribution is 2.28. The molecule has 1 unspecified atom stereocenters. The second kappa shape index (κ2) is 5.48. The first kappa shape index (κ1) is 13.5. The lowest BCUT2D eigenvalue weighted by molar-refractivity contribution is 0.0699. The van der Waals surface area contributed by atoms with Gasteiger partial charge >= 0.3 is 5.97 Å². The Hall–Kier alpha value is -1.49. The van der Waals surface area contributed by atoms with E-state index >= 15 is 0 Å². The number of thioether (sulfide) groups is 1. The molecule has 1 fully saturated rings. The topological polar surface area (TPSA) is 55.1 Å². The summed E-state index contributed by atoms with van der Waals surface area (Å²) < 4.78 is 2.17. The summed E-state index contributed by atoms with van der Waals surface area (Å²) in [5, 5.41) is 9.87. The van der Waals surface area contributed by atoms with Gasteiger partial charge < -0.3 is 9.67 Å². The number of para-hydroxylation sites is 1. The van der Waals surface area contributed by atoms with Crippen molar-refractivity contribution in [3.05, 3.63) is 29.6 Å². The zero-order valence-electron chi connectivity index (χ0n) is 11.5. The second-order valence-corrected chi connectivity index (χ2v) is 6.64. The molecule has 0 amide bonds. The summed E-state index contributed by atoms with van der Waals surface area (Å²) in [5.41, 5.74) is 1.84. The van der Waals surface area contributed by atoms with E-state index < -0.39 is 5.97 Å². The van der Waals surface area contributed by atoms with Crippen LogP contribution in [0.5, 0.6) is 0 Å². The number of carbonyl (C=O) groups is 1. The Morgan fingerprint density at radius 2 is 2.35 bits per heavy atom. The zero-order chi connectivity index (χ0) is 14.1. The van der Waals surface area contributed by atoms with Crippen molar-refractivity contribution in [3.8, 4) is 0 Å². The number of nitrogens with zero attached hydrogens (tertiary/aromatic N) is 2. The van der Waals surface area contributed by atoms with Gasteiger partial charge in [-0.15, -0.1) is 0 Å². The highest BCUT2D eigenvalue weighted by atomic mass is 32.2. The van der Waals surface area contributed by atoms with E-state index in [1.54, 1.807) is 12.1 Å². The molecule has 1 aromatic carbocycles. The first-order chi connectivity index (χ1) is 9.66. The molecule has 0 radical (unpaired) electrons. The van der Waals surface area contributed by atoms with Gasteiger partial charge in [0.15, 0.2) is 0 Å². The number of imidazole rings is 1. The van der Waals surface area contributed by atoms with Crippen LogP contribution in [0.4, 0.5) is 0 Å². The molecular weight excluding hydrogens is 272 g/mol. The Morgan fingerprint density at radius 3 is 3.05 bits per heavy atom. The molecule has 0 saturated carbocycles. The minimum atomic E-state index is -0.910. The zero-order valence-corrected chi connectivity index (χ0v) is 12.3. The SMILES string of the molecule is Cc1nc2c(C(=O)O)cccc2n1CC1CCCCS1. The summed E-state index contributed by atoms with van der Waals surface area (Å²) >= 11 is 2.02. The maximum Gasteiger partial charge on any atom is 0.337 e. The van der Waals surface area contributed by atoms with Gasteiger partial charge in [-0.25, -0.2) is 9.78 Å². The lowest BCUT2D eigenvalue weighted by atomic mass is 10.1. The fourth-order valence-corrected chi connectivity index (χ4v) is 4.11. The van der Waals surface area contributed by atoms with E-state index in [-0.39, 0.29) is 0 Å². The Balaban J connectivity index is 2.00. The van der Waals surface area contributed by atoms with Crippen molar-refractivity contribution < 1.29 is 9.90 Å². The predicted octanol–water partition coefficient (Wildman–Crippen LogP) is 3.33.